The van der Waals surface area contributed by atoms with Gasteiger partial charge in [-0.3, -0.25) is 0 Å². The summed E-state index contributed by atoms with van der Waals surface area (Å²) in [5.74, 6) is 0. The molecule has 0 unspecified atom stereocenters. The third kappa shape index (κ3) is 13.7. The molecule has 0 amide bonds. The molecule has 0 aliphatic carbocycles. The van der Waals surface area contributed by atoms with Crippen LogP contribution in [0.15, 0.2) is 127 Å². The fraction of sp³-hybridized carbons (Fsp3) is 0.276. The molecule has 390 valence electrons. The first-order valence-electron chi connectivity index (χ1n) is 23.2. The maximum Gasteiger partial charge on any atom is 0.0920 e. The van der Waals surface area contributed by atoms with Gasteiger partial charge in [-0.1, -0.05) is 113 Å². The van der Waals surface area contributed by atoms with Crippen LogP contribution in [-0.4, -0.2) is 9.52 Å². The minimum atomic E-state index is -4.88. The average molecular weight is 1160 g/mol. The third-order valence-electron chi connectivity index (χ3n) is 12.4. The molecule has 9 rings (SSSR count). The van der Waals surface area contributed by atoms with Crippen LogP contribution in [0.3, 0.4) is 0 Å². The Hall–Kier alpha value is -4.62. The Kier molecular flexibility index (Phi) is 17.9. The maximum atomic E-state index is 13.4. The zero-order valence-electron chi connectivity index (χ0n) is 41.3. The molecule has 1 heterocycles. The van der Waals surface area contributed by atoms with E-state index in [1.807, 2.05) is 97.9 Å². The molecule has 0 saturated carbocycles. The summed E-state index contributed by atoms with van der Waals surface area (Å²) in [6.45, 7) is 15.2. The minimum absolute atomic E-state index is 0.0732. The molecule has 0 N–H and O–H groups in total. The summed E-state index contributed by atoms with van der Waals surface area (Å²) in [6, 6.07) is 36.7. The van der Waals surface area contributed by atoms with E-state index < -0.39 is 78.6 Å². The molecular weight excluding hydrogens is 1110 g/mol. The summed E-state index contributed by atoms with van der Waals surface area (Å²) >= 11 is -0.826. The van der Waals surface area contributed by atoms with Crippen molar-refractivity contribution in [3.8, 4) is 33.4 Å². The molecule has 2 radical (unpaired) electrons. The van der Waals surface area contributed by atoms with Gasteiger partial charge in [0.25, 0.3) is 0 Å². The smallest absolute Gasteiger partial charge is 0.0920 e. The number of alkyl halides is 12. The standard InChI is InChI=1S/2C23H21F6.C12H7Si.2ClH.Zr/c2*1-5-13-8-14-6-7-19(21(2,3)4)20(18(14)9-13)15-10-16(22(24,25)26)12-17(11-15)23(27,28)29;1-3-7-11-9(5-1)10-6-2-4-8-12(10)13-11;;;/h2*6-12H,5H2,1-4H3;1-7H;2*1H;/q3*-1;;;+2/p-2. The monoisotopic (exact) mass is 1160 g/mol. The second-order valence-electron chi connectivity index (χ2n) is 19.7. The SMILES string of the molecule is CCc1cc2c(-c3cc(C(F)(F)F)cc(C(F)(F)F)c3)c(C(C)(C)C)ccc2[cH-]1.CCc1cc2c(-c3cc(C(F)(F)F)cc(C(F)(F)F)c3)c(C(C)(C)C)ccc2[cH-]1.[Cl][Zr][Cl].[c-]1cccc2c1[Si]c1ccccc1-2. The van der Waals surface area contributed by atoms with Gasteiger partial charge in [0.1, 0.15) is 0 Å². The van der Waals surface area contributed by atoms with Gasteiger partial charge >= 0.3 is 62.6 Å². The molecule has 0 fully saturated rings. The Morgan fingerprint density at radius 3 is 1.20 bits per heavy atom. The fourth-order valence-corrected chi connectivity index (χ4v) is 10.2. The van der Waals surface area contributed by atoms with Crippen molar-refractivity contribution in [1.82, 2.24) is 0 Å². The number of halogens is 14. The molecule has 1 aliphatic heterocycles. The molecular formula is C58H49Cl2F12SiZr-3. The van der Waals surface area contributed by atoms with Crippen LogP contribution < -0.4 is 10.4 Å². The first-order chi connectivity index (χ1) is 34.3. The number of rotatable bonds is 4. The largest absolute Gasteiger partial charge is 0.184 e. The van der Waals surface area contributed by atoms with Crippen LogP contribution in [0.5, 0.6) is 0 Å². The van der Waals surface area contributed by atoms with E-state index in [1.165, 1.54) is 21.5 Å². The van der Waals surface area contributed by atoms with Gasteiger partial charge in [0, 0.05) is 0 Å². The first-order valence-corrected chi connectivity index (χ1v) is 30.5. The topological polar surface area (TPSA) is 0 Å². The Labute approximate surface area is 444 Å². The Morgan fingerprint density at radius 1 is 0.486 bits per heavy atom. The van der Waals surface area contributed by atoms with Crippen molar-refractivity contribution in [3.63, 3.8) is 0 Å². The summed E-state index contributed by atoms with van der Waals surface area (Å²) in [7, 11) is 10.7. The van der Waals surface area contributed by atoms with Crippen molar-refractivity contribution < 1.29 is 73.5 Å². The van der Waals surface area contributed by atoms with Crippen LogP contribution in [0.25, 0.3) is 54.9 Å². The molecule has 0 bridgehead atoms. The first kappa shape index (κ1) is 58.6. The predicted octanol–water partition coefficient (Wildman–Crippen LogP) is 18.7. The van der Waals surface area contributed by atoms with Gasteiger partial charge in [-0.15, -0.1) is 74.6 Å². The fourth-order valence-electron chi connectivity index (χ4n) is 8.89. The second-order valence-corrected chi connectivity index (χ2v) is 24.7. The molecule has 16 heteroatoms. The van der Waals surface area contributed by atoms with Gasteiger partial charge in [-0.2, -0.15) is 94.3 Å². The number of aryl methyl sites for hydroxylation is 2. The Morgan fingerprint density at radius 2 is 0.851 bits per heavy atom. The normalized spacial score (nSPS) is 12.8. The predicted molar refractivity (Wildman–Crippen MR) is 274 cm³/mol. The van der Waals surface area contributed by atoms with Crippen LogP contribution in [0, 0.1) is 6.07 Å². The van der Waals surface area contributed by atoms with Crippen molar-refractivity contribution in [2.75, 3.05) is 0 Å². The summed E-state index contributed by atoms with van der Waals surface area (Å²) in [6.07, 6.45) is -18.1. The number of benzene rings is 6. The zero-order chi connectivity index (χ0) is 54.9. The van der Waals surface area contributed by atoms with Crippen molar-refractivity contribution in [1.29, 1.82) is 0 Å². The average Bonchev–Trinajstić information content (AvgIpc) is 4.05. The van der Waals surface area contributed by atoms with Crippen molar-refractivity contribution in [2.24, 2.45) is 0 Å². The van der Waals surface area contributed by atoms with E-state index in [0.717, 1.165) is 68.5 Å². The molecule has 0 nitrogen and oxygen atoms in total. The summed E-state index contributed by atoms with van der Waals surface area (Å²) in [5, 5.41) is 5.76. The molecule has 8 aromatic rings. The van der Waals surface area contributed by atoms with Crippen molar-refractivity contribution in [3.05, 3.63) is 178 Å². The Balaban J connectivity index is 0.000000186. The van der Waals surface area contributed by atoms with Gasteiger partial charge < -0.3 is 0 Å². The third-order valence-corrected chi connectivity index (χ3v) is 13.8. The van der Waals surface area contributed by atoms with E-state index in [9.17, 15) is 52.7 Å². The molecule has 0 atom stereocenters. The van der Waals surface area contributed by atoms with E-state index in [4.69, 9.17) is 17.0 Å². The molecule has 8 aromatic carbocycles. The van der Waals surface area contributed by atoms with Gasteiger partial charge in [-0.05, 0) is 71.2 Å². The van der Waals surface area contributed by atoms with E-state index in [2.05, 4.69) is 42.5 Å². The maximum absolute atomic E-state index is 13.4. The van der Waals surface area contributed by atoms with Crippen molar-refractivity contribution >= 4 is 58.5 Å². The quantitative estimate of drug-likeness (QED) is 0.0936. The van der Waals surface area contributed by atoms with Gasteiger partial charge in [-0.25, -0.2) is 0 Å². The van der Waals surface area contributed by atoms with Gasteiger partial charge in [0.15, 0.2) is 0 Å². The number of hydrogen-bond acceptors (Lipinski definition) is 0. The number of hydrogen-bond donors (Lipinski definition) is 0. The summed E-state index contributed by atoms with van der Waals surface area (Å²) < 4.78 is 161. The van der Waals surface area contributed by atoms with Crippen LogP contribution in [0.2, 0.25) is 0 Å². The van der Waals surface area contributed by atoms with Gasteiger partial charge in [0.05, 0.1) is 31.8 Å². The van der Waals surface area contributed by atoms with E-state index >= 15 is 0 Å². The molecule has 74 heavy (non-hydrogen) atoms. The van der Waals surface area contributed by atoms with Gasteiger partial charge in [0.2, 0.25) is 0 Å². The van der Waals surface area contributed by atoms with Crippen LogP contribution in [-0.2, 0) is 69.2 Å². The van der Waals surface area contributed by atoms with E-state index in [1.54, 1.807) is 12.1 Å². The van der Waals surface area contributed by atoms with E-state index in [0.29, 0.717) is 33.0 Å². The van der Waals surface area contributed by atoms with Crippen LogP contribution >= 0.6 is 17.0 Å². The molecule has 0 aromatic heterocycles. The zero-order valence-corrected chi connectivity index (χ0v) is 46.3. The van der Waals surface area contributed by atoms with E-state index in [-0.39, 0.29) is 23.3 Å². The molecule has 0 spiro atoms. The minimum Gasteiger partial charge on any atom is -0.184 e. The van der Waals surface area contributed by atoms with Crippen molar-refractivity contribution in [2.45, 2.75) is 104 Å². The van der Waals surface area contributed by atoms with Crippen LogP contribution in [0.1, 0.15) is 99.9 Å². The number of fused-ring (bicyclic) bond motifs is 5. The molecule has 1 aliphatic rings. The Bertz CT molecular complexity index is 2970. The van der Waals surface area contributed by atoms with Crippen LogP contribution in [0.4, 0.5) is 52.7 Å². The second kappa shape index (κ2) is 22.5. The summed E-state index contributed by atoms with van der Waals surface area (Å²) in [5.41, 5.74) is 0.668. The summed E-state index contributed by atoms with van der Waals surface area (Å²) in [4.78, 5) is 0. The molecule has 0 saturated heterocycles.